The highest BCUT2D eigenvalue weighted by Gasteiger charge is 2.39. The molecule has 158 valence electrons. The van der Waals surface area contributed by atoms with E-state index < -0.39 is 29.7 Å². The number of hydrogen-bond donors (Lipinski definition) is 0. The van der Waals surface area contributed by atoms with E-state index >= 15 is 0 Å². The van der Waals surface area contributed by atoms with Gasteiger partial charge >= 0.3 is 18.2 Å². The fraction of sp³-hybridized carbons (Fsp3) is 0.278. The number of hydrogen-bond acceptors (Lipinski definition) is 5. The van der Waals surface area contributed by atoms with E-state index in [9.17, 15) is 31.1 Å². The van der Waals surface area contributed by atoms with E-state index in [-0.39, 0.29) is 17.9 Å². The third-order valence-electron chi connectivity index (χ3n) is 4.59. The van der Waals surface area contributed by atoms with Crippen LogP contribution in [-0.4, -0.2) is 27.5 Å². The van der Waals surface area contributed by atoms with Crippen LogP contribution in [0.1, 0.15) is 32.3 Å². The molecule has 5 nitrogen and oxygen atoms in total. The number of carbonyl (C=O) groups excluding carboxylic acids is 1. The summed E-state index contributed by atoms with van der Waals surface area (Å²) in [6.07, 6.45) is -8.82. The van der Waals surface area contributed by atoms with Crippen LogP contribution in [0, 0.1) is 0 Å². The number of carbonyl (C=O) groups is 1. The van der Waals surface area contributed by atoms with Crippen molar-refractivity contribution < 1.29 is 35.7 Å². The number of nitrogens with zero attached hydrogens (tertiary/aromatic N) is 3. The largest absolute Gasteiger partial charge is 0.471 e. The number of fused-ring (bicyclic) bond motifs is 1. The molecule has 0 bridgehead atoms. The summed E-state index contributed by atoms with van der Waals surface area (Å²) in [6.45, 7) is 0.400. The molecule has 4 rings (SSSR count). The van der Waals surface area contributed by atoms with Gasteiger partial charge in [-0.1, -0.05) is 5.16 Å². The minimum Gasteiger partial charge on any atom is -0.334 e. The molecule has 0 atom stereocenters. The first kappa shape index (κ1) is 20.4. The summed E-state index contributed by atoms with van der Waals surface area (Å²) >= 11 is 1.31. The fourth-order valence-electron chi connectivity index (χ4n) is 3.11. The van der Waals surface area contributed by atoms with Gasteiger partial charge in [-0.05, 0) is 36.2 Å². The average molecular weight is 447 g/mol. The number of benzene rings is 1. The molecule has 0 saturated heterocycles. The minimum absolute atomic E-state index is 0.0733. The second-order valence-corrected chi connectivity index (χ2v) is 7.49. The maximum absolute atomic E-state index is 12.7. The zero-order valence-electron chi connectivity index (χ0n) is 14.8. The smallest absolute Gasteiger partial charge is 0.334 e. The van der Waals surface area contributed by atoms with E-state index in [0.717, 1.165) is 29.1 Å². The Kier molecular flexibility index (Phi) is 4.83. The highest BCUT2D eigenvalue weighted by Crippen LogP contribution is 2.36. The van der Waals surface area contributed by atoms with Crippen molar-refractivity contribution in [3.63, 3.8) is 0 Å². The van der Waals surface area contributed by atoms with Gasteiger partial charge in [-0.3, -0.25) is 4.79 Å². The van der Waals surface area contributed by atoms with Gasteiger partial charge in [-0.2, -0.15) is 31.3 Å². The Balaban J connectivity index is 1.57. The van der Waals surface area contributed by atoms with Crippen LogP contribution in [0.15, 0.2) is 34.2 Å². The predicted octanol–water partition coefficient (Wildman–Crippen LogP) is 5.03. The lowest BCUT2D eigenvalue weighted by molar-refractivity contribution is -0.159. The Hall–Kier alpha value is -2.89. The van der Waals surface area contributed by atoms with Crippen LogP contribution < -0.4 is 0 Å². The Morgan fingerprint density at radius 2 is 1.77 bits per heavy atom. The van der Waals surface area contributed by atoms with Crippen LogP contribution in [0.5, 0.6) is 0 Å². The van der Waals surface area contributed by atoms with Gasteiger partial charge in [-0.15, -0.1) is 11.3 Å². The van der Waals surface area contributed by atoms with Crippen LogP contribution in [0.3, 0.4) is 0 Å². The van der Waals surface area contributed by atoms with Gasteiger partial charge in [0.15, 0.2) is 0 Å². The molecule has 0 fully saturated rings. The highest BCUT2D eigenvalue weighted by molar-refractivity contribution is 7.10. The third kappa shape index (κ3) is 3.78. The molecule has 0 N–H and O–H groups in total. The van der Waals surface area contributed by atoms with Crippen LogP contribution in [-0.2, 0) is 25.3 Å². The number of rotatable bonds is 2. The van der Waals surface area contributed by atoms with Gasteiger partial charge in [0.1, 0.15) is 0 Å². The number of amides is 1. The predicted molar refractivity (Wildman–Crippen MR) is 92.5 cm³/mol. The molecule has 1 aliphatic heterocycles. The van der Waals surface area contributed by atoms with Gasteiger partial charge < -0.3 is 9.42 Å². The van der Waals surface area contributed by atoms with Crippen molar-refractivity contribution in [3.8, 4) is 11.4 Å². The summed E-state index contributed by atoms with van der Waals surface area (Å²) in [6, 6.07) is 3.86. The van der Waals surface area contributed by atoms with E-state index in [4.69, 9.17) is 0 Å². The molecule has 1 aromatic carbocycles. The Labute approximate surface area is 168 Å². The van der Waals surface area contributed by atoms with E-state index in [1.165, 1.54) is 16.2 Å². The SMILES string of the molecule is O=C(c1ccc(C(F)(F)F)cc1)N1CCc2scc(-c3noc(C(F)(F)F)n3)c2C1. The standard InChI is InChI=1S/C18H11F6N3O2S/c19-17(20,21)10-3-1-9(2-4-10)15(28)27-6-5-13-11(7-27)12(8-30-13)14-25-16(29-26-14)18(22,23)24/h1-4,8H,5-7H2. The first-order chi connectivity index (χ1) is 14.0. The molecule has 0 unspecified atom stereocenters. The number of aromatic nitrogens is 2. The molecule has 12 heteroatoms. The van der Waals surface area contributed by atoms with Crippen molar-refractivity contribution in [1.29, 1.82) is 0 Å². The molecular formula is C18H11F6N3O2S. The number of halogens is 6. The summed E-state index contributed by atoms with van der Waals surface area (Å²) in [7, 11) is 0. The summed E-state index contributed by atoms with van der Waals surface area (Å²) in [4.78, 5) is 18.4. The first-order valence-electron chi connectivity index (χ1n) is 8.51. The maximum atomic E-state index is 12.7. The van der Waals surface area contributed by atoms with Crippen molar-refractivity contribution in [3.05, 3.63) is 57.1 Å². The van der Waals surface area contributed by atoms with E-state index in [1.54, 1.807) is 5.38 Å². The Bertz CT molecular complexity index is 1080. The summed E-state index contributed by atoms with van der Waals surface area (Å²) < 4.78 is 80.5. The van der Waals surface area contributed by atoms with Gasteiger partial charge in [-0.25, -0.2) is 0 Å². The average Bonchev–Trinajstić information content (AvgIpc) is 3.33. The van der Waals surface area contributed by atoms with Crippen LogP contribution in [0.4, 0.5) is 26.3 Å². The Morgan fingerprint density at radius 1 is 1.07 bits per heavy atom. The minimum atomic E-state index is -4.77. The molecule has 0 saturated carbocycles. The molecule has 3 aromatic rings. The van der Waals surface area contributed by atoms with Gasteiger partial charge in [0.25, 0.3) is 5.91 Å². The second-order valence-electron chi connectivity index (χ2n) is 6.52. The van der Waals surface area contributed by atoms with E-state index in [0.29, 0.717) is 24.1 Å². The fourth-order valence-corrected chi connectivity index (χ4v) is 4.14. The lowest BCUT2D eigenvalue weighted by Gasteiger charge is -2.27. The second kappa shape index (κ2) is 7.11. The first-order valence-corrected chi connectivity index (χ1v) is 9.39. The molecule has 1 amide bonds. The molecule has 3 heterocycles. The lowest BCUT2D eigenvalue weighted by Crippen LogP contribution is -2.35. The zero-order valence-corrected chi connectivity index (χ0v) is 15.7. The van der Waals surface area contributed by atoms with Gasteiger partial charge in [0, 0.05) is 34.5 Å². The summed E-state index contributed by atoms with van der Waals surface area (Å²) in [5, 5.41) is 4.98. The third-order valence-corrected chi connectivity index (χ3v) is 5.68. The molecule has 30 heavy (non-hydrogen) atoms. The lowest BCUT2D eigenvalue weighted by atomic mass is 10.0. The number of alkyl halides is 6. The van der Waals surface area contributed by atoms with Crippen molar-refractivity contribution in [2.75, 3.05) is 6.54 Å². The van der Waals surface area contributed by atoms with Gasteiger partial charge in [0.05, 0.1) is 5.56 Å². The summed E-state index contributed by atoms with van der Waals surface area (Å²) in [5.74, 6) is -2.18. The van der Waals surface area contributed by atoms with Crippen LogP contribution in [0.25, 0.3) is 11.4 Å². The molecule has 0 radical (unpaired) electrons. The molecular weight excluding hydrogens is 436 g/mol. The maximum Gasteiger partial charge on any atom is 0.471 e. The van der Waals surface area contributed by atoms with Gasteiger partial charge in [0.2, 0.25) is 5.82 Å². The molecule has 0 spiro atoms. The van der Waals surface area contributed by atoms with Crippen LogP contribution >= 0.6 is 11.3 Å². The topological polar surface area (TPSA) is 59.2 Å². The molecule has 0 aliphatic carbocycles. The van der Waals surface area contributed by atoms with Crippen molar-refractivity contribution in [2.24, 2.45) is 0 Å². The molecule has 2 aromatic heterocycles. The van der Waals surface area contributed by atoms with E-state index in [1.807, 2.05) is 0 Å². The highest BCUT2D eigenvalue weighted by atomic mass is 32.1. The quantitative estimate of drug-likeness (QED) is 0.517. The van der Waals surface area contributed by atoms with Crippen molar-refractivity contribution >= 4 is 17.2 Å². The summed E-state index contributed by atoms with van der Waals surface area (Å²) in [5.41, 5.74) is 0.153. The Morgan fingerprint density at radius 3 is 2.37 bits per heavy atom. The zero-order chi connectivity index (χ0) is 21.7. The number of thiophene rings is 1. The van der Waals surface area contributed by atoms with Crippen molar-refractivity contribution in [2.45, 2.75) is 25.3 Å². The van der Waals surface area contributed by atoms with Crippen molar-refractivity contribution in [1.82, 2.24) is 15.0 Å². The van der Waals surface area contributed by atoms with Crippen LogP contribution in [0.2, 0.25) is 0 Å². The molecule has 1 aliphatic rings. The monoisotopic (exact) mass is 447 g/mol. The normalized spacial score (nSPS) is 14.7. The van der Waals surface area contributed by atoms with E-state index in [2.05, 4.69) is 14.7 Å².